The highest BCUT2D eigenvalue weighted by Crippen LogP contribution is 2.31. The van der Waals surface area contributed by atoms with Crippen LogP contribution < -0.4 is 4.74 Å². The Bertz CT molecular complexity index is 572. The Hall–Kier alpha value is -2.08. The van der Waals surface area contributed by atoms with Crippen LogP contribution in [0, 0.1) is 11.3 Å². The number of methoxy groups -OCH3 is 1. The molecule has 0 saturated carbocycles. The molecule has 1 aliphatic heterocycles. The maximum absolute atomic E-state index is 12.7. The van der Waals surface area contributed by atoms with E-state index in [1.165, 1.54) is 7.11 Å². The SMILES string of the molecule is COCC1(C(=O)O)CCCN(C(=O)C(C)CCOc2ccccc2)C1. The van der Waals surface area contributed by atoms with Crippen molar-refractivity contribution in [2.24, 2.45) is 11.3 Å². The largest absolute Gasteiger partial charge is 0.494 e. The van der Waals surface area contributed by atoms with Gasteiger partial charge in [0.15, 0.2) is 0 Å². The van der Waals surface area contributed by atoms with Crippen molar-refractivity contribution in [3.63, 3.8) is 0 Å². The smallest absolute Gasteiger partial charge is 0.313 e. The number of aliphatic carboxylic acids is 1. The predicted octanol–water partition coefficient (Wildman–Crippen LogP) is 2.43. The molecule has 0 aromatic heterocycles. The van der Waals surface area contributed by atoms with Gasteiger partial charge in [-0.1, -0.05) is 25.1 Å². The minimum atomic E-state index is -0.997. The summed E-state index contributed by atoms with van der Waals surface area (Å²) in [6, 6.07) is 9.48. The molecular weight excluding hydrogens is 322 g/mol. The van der Waals surface area contributed by atoms with Gasteiger partial charge in [0.1, 0.15) is 11.2 Å². The number of ether oxygens (including phenoxy) is 2. The first kappa shape index (κ1) is 19.2. The molecule has 2 rings (SSSR count). The molecule has 0 radical (unpaired) electrons. The van der Waals surface area contributed by atoms with E-state index in [9.17, 15) is 14.7 Å². The number of para-hydroxylation sites is 1. The summed E-state index contributed by atoms with van der Waals surface area (Å²) in [6.45, 7) is 3.24. The van der Waals surface area contributed by atoms with E-state index in [0.717, 1.165) is 5.75 Å². The number of carboxylic acid groups (broad SMARTS) is 1. The van der Waals surface area contributed by atoms with E-state index < -0.39 is 11.4 Å². The van der Waals surface area contributed by atoms with Gasteiger partial charge in [-0.15, -0.1) is 0 Å². The zero-order valence-corrected chi connectivity index (χ0v) is 14.9. The van der Waals surface area contributed by atoms with Crippen LogP contribution in [0.25, 0.3) is 0 Å². The van der Waals surface area contributed by atoms with Crippen LogP contribution in [-0.4, -0.2) is 55.3 Å². The molecule has 1 aromatic rings. The molecule has 1 heterocycles. The van der Waals surface area contributed by atoms with Crippen LogP contribution in [0.15, 0.2) is 30.3 Å². The highest BCUT2D eigenvalue weighted by atomic mass is 16.5. The number of carboxylic acids is 1. The molecule has 0 spiro atoms. The monoisotopic (exact) mass is 349 g/mol. The van der Waals surface area contributed by atoms with Gasteiger partial charge in [0.2, 0.25) is 5.91 Å². The number of hydrogen-bond acceptors (Lipinski definition) is 4. The fourth-order valence-electron chi connectivity index (χ4n) is 3.26. The molecule has 138 valence electrons. The molecule has 1 saturated heterocycles. The molecule has 2 atom stereocenters. The van der Waals surface area contributed by atoms with Crippen molar-refractivity contribution in [2.45, 2.75) is 26.2 Å². The van der Waals surface area contributed by atoms with E-state index in [1.807, 2.05) is 37.3 Å². The van der Waals surface area contributed by atoms with E-state index in [0.29, 0.717) is 32.4 Å². The maximum Gasteiger partial charge on any atom is 0.313 e. The second-order valence-electron chi connectivity index (χ2n) is 6.73. The van der Waals surface area contributed by atoms with Crippen LogP contribution in [0.1, 0.15) is 26.2 Å². The van der Waals surface area contributed by atoms with Crippen LogP contribution in [0.5, 0.6) is 5.75 Å². The number of rotatable bonds is 8. The Morgan fingerprint density at radius 1 is 1.32 bits per heavy atom. The highest BCUT2D eigenvalue weighted by Gasteiger charge is 2.44. The van der Waals surface area contributed by atoms with Crippen LogP contribution in [0.4, 0.5) is 0 Å². The van der Waals surface area contributed by atoms with Gasteiger partial charge < -0.3 is 19.5 Å². The first-order valence-electron chi connectivity index (χ1n) is 8.67. The van der Waals surface area contributed by atoms with Gasteiger partial charge in [-0.05, 0) is 31.4 Å². The molecule has 1 fully saturated rings. The van der Waals surface area contributed by atoms with E-state index in [1.54, 1.807) is 4.90 Å². The summed E-state index contributed by atoms with van der Waals surface area (Å²) in [6.07, 6.45) is 1.80. The molecule has 1 aliphatic rings. The van der Waals surface area contributed by atoms with Crippen molar-refractivity contribution in [1.29, 1.82) is 0 Å². The normalized spacial score (nSPS) is 21.6. The van der Waals surface area contributed by atoms with E-state index >= 15 is 0 Å². The molecule has 1 N–H and O–H groups in total. The standard InChI is InChI=1S/C19H27NO5/c1-15(9-12-25-16-7-4-3-5-8-16)17(21)20-11-6-10-19(13-20,14-24-2)18(22)23/h3-5,7-8,15H,6,9-14H2,1-2H3,(H,22,23). The van der Waals surface area contributed by atoms with Gasteiger partial charge in [0.05, 0.1) is 13.2 Å². The number of hydrogen-bond donors (Lipinski definition) is 1. The third-order valence-corrected chi connectivity index (χ3v) is 4.75. The zero-order chi connectivity index (χ0) is 18.3. The third kappa shape index (κ3) is 4.95. The van der Waals surface area contributed by atoms with Crippen molar-refractivity contribution < 1.29 is 24.2 Å². The fourth-order valence-corrected chi connectivity index (χ4v) is 3.26. The van der Waals surface area contributed by atoms with Gasteiger partial charge in [-0.2, -0.15) is 0 Å². The summed E-state index contributed by atoms with van der Waals surface area (Å²) in [7, 11) is 1.50. The molecule has 0 bridgehead atoms. The first-order valence-corrected chi connectivity index (χ1v) is 8.67. The summed E-state index contributed by atoms with van der Waals surface area (Å²) in [5.74, 6) is -0.342. The van der Waals surface area contributed by atoms with Gasteiger partial charge in [0, 0.05) is 26.1 Å². The first-order chi connectivity index (χ1) is 12.0. The predicted molar refractivity (Wildman–Crippen MR) is 93.5 cm³/mol. The van der Waals surface area contributed by atoms with Crippen molar-refractivity contribution in [2.75, 3.05) is 33.4 Å². The third-order valence-electron chi connectivity index (χ3n) is 4.75. The van der Waals surface area contributed by atoms with Crippen molar-refractivity contribution in [3.05, 3.63) is 30.3 Å². The Morgan fingerprint density at radius 3 is 2.68 bits per heavy atom. The Morgan fingerprint density at radius 2 is 2.04 bits per heavy atom. The molecule has 0 aliphatic carbocycles. The van der Waals surface area contributed by atoms with Crippen molar-refractivity contribution in [3.8, 4) is 5.75 Å². The van der Waals surface area contributed by atoms with E-state index in [4.69, 9.17) is 9.47 Å². The lowest BCUT2D eigenvalue weighted by molar-refractivity contribution is -0.160. The topological polar surface area (TPSA) is 76.1 Å². The number of benzene rings is 1. The Kier molecular flexibility index (Phi) is 6.82. The Balaban J connectivity index is 1.88. The summed E-state index contributed by atoms with van der Waals surface area (Å²) in [5.41, 5.74) is -0.997. The number of piperidine rings is 1. The van der Waals surface area contributed by atoms with Crippen LogP contribution >= 0.6 is 0 Å². The van der Waals surface area contributed by atoms with Crippen molar-refractivity contribution in [1.82, 2.24) is 4.90 Å². The molecule has 1 amide bonds. The molecular formula is C19H27NO5. The van der Waals surface area contributed by atoms with Gasteiger partial charge in [-0.3, -0.25) is 9.59 Å². The second-order valence-corrected chi connectivity index (χ2v) is 6.73. The lowest BCUT2D eigenvalue weighted by atomic mass is 9.80. The number of nitrogens with zero attached hydrogens (tertiary/aromatic N) is 1. The Labute approximate surface area is 148 Å². The molecule has 25 heavy (non-hydrogen) atoms. The minimum absolute atomic E-state index is 0.0157. The summed E-state index contributed by atoms with van der Waals surface area (Å²) >= 11 is 0. The van der Waals surface area contributed by atoms with E-state index in [2.05, 4.69) is 0 Å². The van der Waals surface area contributed by atoms with Crippen LogP contribution in [0.2, 0.25) is 0 Å². The van der Waals surface area contributed by atoms with Crippen LogP contribution in [0.3, 0.4) is 0 Å². The summed E-state index contributed by atoms with van der Waals surface area (Å²) in [4.78, 5) is 26.1. The average molecular weight is 349 g/mol. The summed E-state index contributed by atoms with van der Waals surface area (Å²) < 4.78 is 10.8. The highest BCUT2D eigenvalue weighted by molar-refractivity contribution is 5.81. The minimum Gasteiger partial charge on any atom is -0.494 e. The quantitative estimate of drug-likeness (QED) is 0.780. The number of amides is 1. The lowest BCUT2D eigenvalue weighted by Gasteiger charge is -2.40. The van der Waals surface area contributed by atoms with Crippen LogP contribution in [-0.2, 0) is 14.3 Å². The second kappa shape index (κ2) is 8.85. The van der Waals surface area contributed by atoms with Gasteiger partial charge in [0.25, 0.3) is 0 Å². The number of carbonyl (C=O) groups excluding carboxylic acids is 1. The van der Waals surface area contributed by atoms with E-state index in [-0.39, 0.29) is 25.0 Å². The number of carbonyl (C=O) groups is 2. The fraction of sp³-hybridized carbons (Fsp3) is 0.579. The number of likely N-dealkylation sites (tertiary alicyclic amines) is 1. The molecule has 2 unspecified atom stereocenters. The summed E-state index contributed by atoms with van der Waals surface area (Å²) in [5, 5.41) is 9.59. The molecule has 6 heteroatoms. The average Bonchev–Trinajstić information content (AvgIpc) is 2.62. The zero-order valence-electron chi connectivity index (χ0n) is 14.9. The van der Waals surface area contributed by atoms with Gasteiger partial charge >= 0.3 is 5.97 Å². The maximum atomic E-state index is 12.7. The van der Waals surface area contributed by atoms with Crippen molar-refractivity contribution >= 4 is 11.9 Å². The lowest BCUT2D eigenvalue weighted by Crippen LogP contribution is -2.53. The van der Waals surface area contributed by atoms with Gasteiger partial charge in [-0.25, -0.2) is 0 Å². The molecule has 1 aromatic carbocycles. The molecule has 6 nitrogen and oxygen atoms in total.